The lowest BCUT2D eigenvalue weighted by Gasteiger charge is -2.32. The Bertz CT molecular complexity index is 991. The summed E-state index contributed by atoms with van der Waals surface area (Å²) in [7, 11) is 0. The summed E-state index contributed by atoms with van der Waals surface area (Å²) in [4.78, 5) is 19.2. The fraction of sp³-hybridized carbons (Fsp3) is 0.571. The van der Waals surface area contributed by atoms with Crippen LogP contribution in [0.15, 0.2) is 36.4 Å². The second-order valence-corrected chi connectivity index (χ2v) is 10.1. The summed E-state index contributed by atoms with van der Waals surface area (Å²) in [5.74, 6) is 0.838. The number of anilines is 1. The molecule has 2 fully saturated rings. The first-order valence-electron chi connectivity index (χ1n) is 13.1. The van der Waals surface area contributed by atoms with Crippen molar-refractivity contribution in [1.29, 1.82) is 0 Å². The van der Waals surface area contributed by atoms with E-state index in [9.17, 15) is 9.90 Å². The first-order valence-corrected chi connectivity index (χ1v) is 13.1. The average molecular weight is 464 g/mol. The number of hydrogen-bond donors (Lipinski definition) is 2. The Hall–Kier alpha value is -2.44. The van der Waals surface area contributed by atoms with Crippen LogP contribution in [0.1, 0.15) is 79.3 Å². The SMILES string of the molecule is O=C(O)C(c1ccccc1C1CCC1)N1CC[C@@H](OCCCCc2ccc3c(n2)NCCC3)C1. The standard InChI is InChI=1S/C28H37N3O3/c32-28(33)26(25-12-2-1-11-24(25)20-7-5-8-20)31-17-15-23(19-31)34-18-4-3-10-22-14-13-21-9-6-16-29-27(21)30-22/h1-2,11-14,20,23,26H,3-10,15-19H2,(H,29,30)(H,32,33)/t23-,26?/m1/s1. The molecule has 3 heterocycles. The Morgan fingerprint density at radius 3 is 2.85 bits per heavy atom. The molecule has 3 aliphatic rings. The highest BCUT2D eigenvalue weighted by Crippen LogP contribution is 2.41. The fourth-order valence-corrected chi connectivity index (χ4v) is 5.63. The Labute approximate surface area is 202 Å². The maximum Gasteiger partial charge on any atom is 0.325 e. The van der Waals surface area contributed by atoms with Gasteiger partial charge in [0.1, 0.15) is 11.9 Å². The Morgan fingerprint density at radius 2 is 2.03 bits per heavy atom. The van der Waals surface area contributed by atoms with Crippen molar-refractivity contribution >= 4 is 11.8 Å². The number of carboxylic acids is 1. The molecule has 1 aromatic carbocycles. The number of aromatic nitrogens is 1. The second-order valence-electron chi connectivity index (χ2n) is 10.1. The van der Waals surface area contributed by atoms with E-state index in [1.807, 2.05) is 18.2 Å². The molecule has 1 aliphatic carbocycles. The summed E-state index contributed by atoms with van der Waals surface area (Å²) in [5.41, 5.74) is 4.69. The van der Waals surface area contributed by atoms with E-state index in [0.717, 1.165) is 68.9 Å². The second kappa shape index (κ2) is 10.9. The molecule has 1 saturated carbocycles. The zero-order chi connectivity index (χ0) is 23.3. The van der Waals surface area contributed by atoms with Gasteiger partial charge in [0.2, 0.25) is 0 Å². The number of unbranched alkanes of at least 4 members (excludes halogenated alkanes) is 1. The number of carboxylic acid groups (broad SMARTS) is 1. The maximum absolute atomic E-state index is 12.3. The average Bonchev–Trinajstić information content (AvgIpc) is 3.27. The van der Waals surface area contributed by atoms with Gasteiger partial charge in [-0.1, -0.05) is 36.8 Å². The predicted octanol–water partition coefficient (Wildman–Crippen LogP) is 4.95. The molecule has 2 aromatic rings. The zero-order valence-corrected chi connectivity index (χ0v) is 20.0. The molecule has 6 nitrogen and oxygen atoms in total. The number of nitrogens with one attached hydrogen (secondary N) is 1. The van der Waals surface area contributed by atoms with Gasteiger partial charge in [0, 0.05) is 31.9 Å². The summed E-state index contributed by atoms with van der Waals surface area (Å²) < 4.78 is 6.17. The van der Waals surface area contributed by atoms with Gasteiger partial charge in [0.25, 0.3) is 0 Å². The van der Waals surface area contributed by atoms with Crippen LogP contribution in [0.4, 0.5) is 5.82 Å². The predicted molar refractivity (Wildman–Crippen MR) is 133 cm³/mol. The summed E-state index contributed by atoms with van der Waals surface area (Å²) >= 11 is 0. The van der Waals surface area contributed by atoms with Crippen LogP contribution in [0.5, 0.6) is 0 Å². The van der Waals surface area contributed by atoms with E-state index in [1.54, 1.807) is 0 Å². The molecule has 0 amide bonds. The molecule has 1 saturated heterocycles. The van der Waals surface area contributed by atoms with Gasteiger partial charge in [-0.2, -0.15) is 0 Å². The molecular weight excluding hydrogens is 426 g/mol. The number of pyridine rings is 1. The molecule has 1 unspecified atom stereocenters. The fourth-order valence-electron chi connectivity index (χ4n) is 5.63. The number of benzene rings is 1. The van der Waals surface area contributed by atoms with E-state index < -0.39 is 12.0 Å². The van der Waals surface area contributed by atoms with Crippen molar-refractivity contribution < 1.29 is 14.6 Å². The van der Waals surface area contributed by atoms with Crippen LogP contribution in [-0.2, 0) is 22.4 Å². The highest BCUT2D eigenvalue weighted by atomic mass is 16.5. The van der Waals surface area contributed by atoms with Crippen LogP contribution in [0.25, 0.3) is 0 Å². The van der Waals surface area contributed by atoms with Crippen molar-refractivity contribution in [3.8, 4) is 0 Å². The van der Waals surface area contributed by atoms with Gasteiger partial charge in [0.05, 0.1) is 6.10 Å². The van der Waals surface area contributed by atoms with Gasteiger partial charge in [-0.3, -0.25) is 9.69 Å². The minimum Gasteiger partial charge on any atom is -0.480 e. The number of hydrogen-bond acceptors (Lipinski definition) is 5. The number of fused-ring (bicyclic) bond motifs is 1. The first kappa shape index (κ1) is 23.3. The number of carbonyl (C=O) groups is 1. The molecule has 2 aliphatic heterocycles. The summed E-state index contributed by atoms with van der Waals surface area (Å²) in [5, 5.41) is 13.5. The smallest absolute Gasteiger partial charge is 0.325 e. The van der Waals surface area contributed by atoms with Gasteiger partial charge < -0.3 is 15.2 Å². The molecule has 182 valence electrons. The highest BCUT2D eigenvalue weighted by molar-refractivity contribution is 5.76. The van der Waals surface area contributed by atoms with E-state index in [1.165, 1.54) is 36.8 Å². The van der Waals surface area contributed by atoms with Crippen LogP contribution in [0, 0.1) is 0 Å². The lowest BCUT2D eigenvalue weighted by Crippen LogP contribution is -2.34. The van der Waals surface area contributed by atoms with Crippen LogP contribution in [0.3, 0.4) is 0 Å². The Balaban J connectivity index is 1.09. The molecule has 2 atom stereocenters. The molecule has 34 heavy (non-hydrogen) atoms. The number of likely N-dealkylation sites (tertiary alicyclic amines) is 1. The van der Waals surface area contributed by atoms with E-state index >= 15 is 0 Å². The molecule has 6 heteroatoms. The van der Waals surface area contributed by atoms with E-state index in [0.29, 0.717) is 12.5 Å². The molecule has 0 spiro atoms. The third kappa shape index (κ3) is 5.28. The van der Waals surface area contributed by atoms with E-state index in [4.69, 9.17) is 9.72 Å². The van der Waals surface area contributed by atoms with Crippen LogP contribution in [-0.4, -0.2) is 53.3 Å². The van der Waals surface area contributed by atoms with Crippen molar-refractivity contribution in [2.24, 2.45) is 0 Å². The molecule has 5 rings (SSSR count). The summed E-state index contributed by atoms with van der Waals surface area (Å²) in [6.07, 6.45) is 9.92. The number of aliphatic carboxylic acids is 1. The summed E-state index contributed by atoms with van der Waals surface area (Å²) in [6, 6.07) is 12.0. The van der Waals surface area contributed by atoms with Crippen LogP contribution >= 0.6 is 0 Å². The van der Waals surface area contributed by atoms with Crippen LogP contribution in [0.2, 0.25) is 0 Å². The van der Waals surface area contributed by atoms with Gasteiger partial charge in [-0.25, -0.2) is 4.98 Å². The van der Waals surface area contributed by atoms with E-state index in [2.05, 4.69) is 28.4 Å². The van der Waals surface area contributed by atoms with E-state index in [-0.39, 0.29) is 6.10 Å². The minimum atomic E-state index is -0.750. The Morgan fingerprint density at radius 1 is 1.15 bits per heavy atom. The van der Waals surface area contributed by atoms with Gasteiger partial charge in [-0.05, 0) is 80.0 Å². The van der Waals surface area contributed by atoms with Gasteiger partial charge >= 0.3 is 5.97 Å². The molecule has 0 bridgehead atoms. The van der Waals surface area contributed by atoms with Crippen molar-refractivity contribution in [1.82, 2.24) is 9.88 Å². The minimum absolute atomic E-state index is 0.115. The summed E-state index contributed by atoms with van der Waals surface area (Å²) in [6.45, 7) is 3.20. The van der Waals surface area contributed by atoms with Crippen molar-refractivity contribution in [2.45, 2.75) is 75.9 Å². The highest BCUT2D eigenvalue weighted by Gasteiger charge is 2.36. The van der Waals surface area contributed by atoms with Crippen LogP contribution < -0.4 is 5.32 Å². The topological polar surface area (TPSA) is 74.7 Å². The monoisotopic (exact) mass is 463 g/mol. The third-order valence-corrected chi connectivity index (χ3v) is 7.74. The van der Waals surface area contributed by atoms with Crippen molar-refractivity contribution in [3.63, 3.8) is 0 Å². The maximum atomic E-state index is 12.3. The molecule has 2 N–H and O–H groups in total. The first-order chi connectivity index (χ1) is 16.7. The molecule has 0 radical (unpaired) electrons. The van der Waals surface area contributed by atoms with Gasteiger partial charge in [0.15, 0.2) is 0 Å². The zero-order valence-electron chi connectivity index (χ0n) is 20.0. The Kier molecular flexibility index (Phi) is 7.45. The number of aryl methyl sites for hydroxylation is 2. The lowest BCUT2D eigenvalue weighted by atomic mass is 9.77. The number of nitrogens with zero attached hydrogens (tertiary/aromatic N) is 2. The third-order valence-electron chi connectivity index (χ3n) is 7.74. The molecular formula is C28H37N3O3. The molecule has 1 aromatic heterocycles. The quantitative estimate of drug-likeness (QED) is 0.486. The van der Waals surface area contributed by atoms with Crippen molar-refractivity contribution in [2.75, 3.05) is 31.6 Å². The normalized spacial score (nSPS) is 21.5. The van der Waals surface area contributed by atoms with Crippen molar-refractivity contribution in [3.05, 3.63) is 58.8 Å². The lowest BCUT2D eigenvalue weighted by molar-refractivity contribution is -0.143. The largest absolute Gasteiger partial charge is 0.480 e. The van der Waals surface area contributed by atoms with Gasteiger partial charge in [-0.15, -0.1) is 0 Å². The number of ether oxygens (including phenoxy) is 1. The number of rotatable bonds is 10.